The van der Waals surface area contributed by atoms with Crippen molar-refractivity contribution in [1.29, 1.82) is 0 Å². The van der Waals surface area contributed by atoms with Gasteiger partial charge in [0.25, 0.3) is 5.91 Å². The van der Waals surface area contributed by atoms with Gasteiger partial charge in [-0.3, -0.25) is 4.79 Å². The third kappa shape index (κ3) is 5.78. The van der Waals surface area contributed by atoms with Crippen molar-refractivity contribution in [2.45, 2.75) is 39.0 Å². The van der Waals surface area contributed by atoms with Crippen LogP contribution >= 0.6 is 0 Å². The fraction of sp³-hybridized carbons (Fsp3) is 0.478. The number of likely N-dealkylation sites (N-methyl/N-ethyl adjacent to an activating group) is 2. The van der Waals surface area contributed by atoms with Crippen molar-refractivity contribution >= 4 is 11.6 Å². The number of nitrogens with one attached hydrogen (secondary N) is 2. The van der Waals surface area contributed by atoms with E-state index in [0.29, 0.717) is 5.57 Å². The van der Waals surface area contributed by atoms with Crippen LogP contribution in [0.5, 0.6) is 0 Å². The lowest BCUT2D eigenvalue weighted by Crippen LogP contribution is -2.27. The lowest BCUT2D eigenvalue weighted by molar-refractivity contribution is -0.112. The Balaban J connectivity index is 1.84. The maximum Gasteiger partial charge on any atom is 0.250 e. The van der Waals surface area contributed by atoms with E-state index in [1.807, 2.05) is 36.0 Å². The zero-order valence-corrected chi connectivity index (χ0v) is 18.3. The second kappa shape index (κ2) is 10.5. The molecule has 1 saturated heterocycles. The van der Waals surface area contributed by atoms with Gasteiger partial charge in [0.05, 0.1) is 5.69 Å². The number of benzene rings is 1. The molecule has 0 aliphatic carbocycles. The molecule has 30 heavy (non-hydrogen) atoms. The van der Waals surface area contributed by atoms with Crippen molar-refractivity contribution in [1.82, 2.24) is 20.0 Å². The summed E-state index contributed by atoms with van der Waals surface area (Å²) in [6.07, 6.45) is 5.39. The van der Waals surface area contributed by atoms with E-state index in [1.165, 1.54) is 5.56 Å². The predicted octanol–water partition coefficient (Wildman–Crippen LogP) is 3.42. The van der Waals surface area contributed by atoms with Crippen molar-refractivity contribution in [2.75, 3.05) is 39.1 Å². The van der Waals surface area contributed by atoms with Crippen molar-refractivity contribution in [3.8, 4) is 11.3 Å². The predicted molar refractivity (Wildman–Crippen MR) is 120 cm³/mol. The molecule has 1 amide bonds. The van der Waals surface area contributed by atoms with Crippen LogP contribution in [0.1, 0.15) is 38.0 Å². The summed E-state index contributed by atoms with van der Waals surface area (Å²) in [5.41, 5.74) is 4.38. The fourth-order valence-electron chi connectivity index (χ4n) is 3.49. The van der Waals surface area contributed by atoms with Crippen LogP contribution in [0.15, 0.2) is 42.6 Å². The molecule has 7 heteroatoms. The number of amides is 1. The van der Waals surface area contributed by atoms with Gasteiger partial charge in [-0.2, -0.15) is 5.10 Å². The molecule has 1 aliphatic rings. The SMILES string of the molecule is C=C(C)C(=O)Nc1ccc(-c2nn(C3CCCCO3)cc2CN(C)CCNC)cc1. The Morgan fingerprint density at radius 2 is 2.10 bits per heavy atom. The van der Waals surface area contributed by atoms with E-state index in [1.54, 1.807) is 6.92 Å². The van der Waals surface area contributed by atoms with Crippen LogP contribution in [0.25, 0.3) is 11.3 Å². The zero-order valence-electron chi connectivity index (χ0n) is 18.3. The molecular formula is C23H33N5O2. The van der Waals surface area contributed by atoms with Gasteiger partial charge in [0.2, 0.25) is 0 Å². The minimum Gasteiger partial charge on any atom is -0.357 e. The van der Waals surface area contributed by atoms with E-state index in [4.69, 9.17) is 9.84 Å². The molecule has 0 spiro atoms. The smallest absolute Gasteiger partial charge is 0.250 e. The summed E-state index contributed by atoms with van der Waals surface area (Å²) in [6, 6.07) is 7.81. The number of carbonyl (C=O) groups is 1. The number of hydrogen-bond acceptors (Lipinski definition) is 5. The highest BCUT2D eigenvalue weighted by atomic mass is 16.5. The molecule has 162 valence electrons. The first-order chi connectivity index (χ1) is 14.5. The quantitative estimate of drug-likeness (QED) is 0.619. The Hall–Kier alpha value is -2.48. The van der Waals surface area contributed by atoms with E-state index < -0.39 is 0 Å². The first kappa shape index (κ1) is 22.2. The van der Waals surface area contributed by atoms with Crippen molar-refractivity contribution in [2.24, 2.45) is 0 Å². The topological polar surface area (TPSA) is 71.4 Å². The normalized spacial score (nSPS) is 16.6. The summed E-state index contributed by atoms with van der Waals surface area (Å²) >= 11 is 0. The molecule has 7 nitrogen and oxygen atoms in total. The molecule has 1 aromatic heterocycles. The van der Waals surface area contributed by atoms with E-state index in [9.17, 15) is 4.79 Å². The van der Waals surface area contributed by atoms with Gasteiger partial charge in [0, 0.05) is 54.8 Å². The van der Waals surface area contributed by atoms with E-state index in [2.05, 4.69) is 35.4 Å². The third-order valence-corrected chi connectivity index (χ3v) is 5.25. The minimum atomic E-state index is -0.173. The largest absolute Gasteiger partial charge is 0.357 e. The summed E-state index contributed by atoms with van der Waals surface area (Å²) in [5.74, 6) is -0.173. The lowest BCUT2D eigenvalue weighted by Gasteiger charge is -2.22. The first-order valence-electron chi connectivity index (χ1n) is 10.6. The molecule has 1 unspecified atom stereocenters. The van der Waals surface area contributed by atoms with Crippen molar-refractivity contribution in [3.05, 3.63) is 48.2 Å². The number of anilines is 1. The highest BCUT2D eigenvalue weighted by Crippen LogP contribution is 2.29. The summed E-state index contributed by atoms with van der Waals surface area (Å²) in [7, 11) is 4.08. The second-order valence-electron chi connectivity index (χ2n) is 7.96. The second-order valence-corrected chi connectivity index (χ2v) is 7.96. The summed E-state index contributed by atoms with van der Waals surface area (Å²) in [4.78, 5) is 14.1. The molecule has 1 aromatic carbocycles. The Bertz CT molecular complexity index is 853. The van der Waals surface area contributed by atoms with Gasteiger partial charge in [-0.15, -0.1) is 0 Å². The van der Waals surface area contributed by atoms with Gasteiger partial charge in [-0.25, -0.2) is 4.68 Å². The number of nitrogens with zero attached hydrogens (tertiary/aromatic N) is 3. The summed E-state index contributed by atoms with van der Waals surface area (Å²) in [5, 5.41) is 10.9. The molecule has 2 heterocycles. The number of aromatic nitrogens is 2. The molecule has 2 N–H and O–H groups in total. The standard InChI is InChI=1S/C23H33N5O2/c1-17(2)23(29)25-20-10-8-18(9-11-20)22-19(15-27(4)13-12-24-3)16-28(26-22)21-7-5-6-14-30-21/h8-11,16,21,24H,1,5-7,12-15H2,2-4H3,(H,25,29). The molecule has 1 atom stereocenters. The monoisotopic (exact) mass is 411 g/mol. The Labute approximate surface area is 179 Å². The van der Waals surface area contributed by atoms with Crippen LogP contribution in [0.4, 0.5) is 5.69 Å². The van der Waals surface area contributed by atoms with Gasteiger partial charge in [0.1, 0.15) is 6.23 Å². The molecule has 0 bridgehead atoms. The van der Waals surface area contributed by atoms with Crippen LogP contribution in [-0.4, -0.2) is 54.4 Å². The molecule has 3 rings (SSSR count). The van der Waals surface area contributed by atoms with Gasteiger partial charge < -0.3 is 20.3 Å². The van der Waals surface area contributed by atoms with Gasteiger partial charge in [-0.1, -0.05) is 18.7 Å². The maximum atomic E-state index is 11.9. The minimum absolute atomic E-state index is 0.00277. The summed E-state index contributed by atoms with van der Waals surface area (Å²) < 4.78 is 7.92. The zero-order chi connectivity index (χ0) is 21.5. The van der Waals surface area contributed by atoms with Crippen LogP contribution in [-0.2, 0) is 16.1 Å². The Morgan fingerprint density at radius 3 is 2.73 bits per heavy atom. The Kier molecular flexibility index (Phi) is 7.79. The molecule has 0 radical (unpaired) electrons. The number of ether oxygens (including phenoxy) is 1. The van der Waals surface area contributed by atoms with Crippen LogP contribution in [0.3, 0.4) is 0 Å². The van der Waals surface area contributed by atoms with Gasteiger partial charge in [-0.05, 0) is 52.4 Å². The number of carbonyl (C=O) groups excluding carboxylic acids is 1. The van der Waals surface area contributed by atoms with Crippen molar-refractivity contribution in [3.63, 3.8) is 0 Å². The van der Waals surface area contributed by atoms with Crippen LogP contribution in [0, 0.1) is 0 Å². The first-order valence-corrected chi connectivity index (χ1v) is 10.6. The number of rotatable bonds is 9. The fourth-order valence-corrected chi connectivity index (χ4v) is 3.49. The van der Waals surface area contributed by atoms with Crippen molar-refractivity contribution < 1.29 is 9.53 Å². The molecule has 1 aliphatic heterocycles. The molecule has 0 saturated carbocycles. The van der Waals surface area contributed by atoms with Gasteiger partial charge >= 0.3 is 0 Å². The van der Waals surface area contributed by atoms with E-state index >= 15 is 0 Å². The van der Waals surface area contributed by atoms with E-state index in [-0.39, 0.29) is 12.1 Å². The average molecular weight is 412 g/mol. The van der Waals surface area contributed by atoms with Crippen LogP contribution in [0.2, 0.25) is 0 Å². The number of hydrogen-bond donors (Lipinski definition) is 2. The third-order valence-electron chi connectivity index (χ3n) is 5.25. The average Bonchev–Trinajstić information content (AvgIpc) is 3.17. The molecular weight excluding hydrogens is 378 g/mol. The molecule has 2 aromatic rings. The lowest BCUT2D eigenvalue weighted by atomic mass is 10.1. The van der Waals surface area contributed by atoms with E-state index in [0.717, 1.165) is 62.4 Å². The van der Waals surface area contributed by atoms with Gasteiger partial charge in [0.15, 0.2) is 0 Å². The maximum absolute atomic E-state index is 11.9. The highest BCUT2D eigenvalue weighted by Gasteiger charge is 2.20. The van der Waals surface area contributed by atoms with Crippen LogP contribution < -0.4 is 10.6 Å². The highest BCUT2D eigenvalue weighted by molar-refractivity contribution is 6.02. The Morgan fingerprint density at radius 1 is 1.33 bits per heavy atom. The summed E-state index contributed by atoms with van der Waals surface area (Å²) in [6.45, 7) is 8.85. The molecule has 1 fully saturated rings.